The number of aryl methyl sites for hydroxylation is 2. The first-order valence-corrected chi connectivity index (χ1v) is 9.87. The summed E-state index contributed by atoms with van der Waals surface area (Å²) < 4.78 is 6.85. The number of rotatable bonds is 4. The first-order valence-electron chi connectivity index (χ1n) is 9.87. The lowest BCUT2D eigenvalue weighted by atomic mass is 10.1. The molecule has 1 aliphatic rings. The molecule has 1 fully saturated rings. The van der Waals surface area contributed by atoms with E-state index in [1.165, 1.54) is 4.68 Å². The highest BCUT2D eigenvalue weighted by Crippen LogP contribution is 2.25. The minimum Gasteiger partial charge on any atom is -0.367 e. The molecule has 1 N–H and O–H groups in total. The van der Waals surface area contributed by atoms with Crippen molar-refractivity contribution in [3.63, 3.8) is 0 Å². The first kappa shape index (κ1) is 19.3. The van der Waals surface area contributed by atoms with Gasteiger partial charge in [0.25, 0.3) is 5.56 Å². The van der Waals surface area contributed by atoms with E-state index in [2.05, 4.69) is 39.3 Å². The molecule has 8 heteroatoms. The zero-order chi connectivity index (χ0) is 20.5. The molecule has 0 unspecified atom stereocenters. The highest BCUT2D eigenvalue weighted by Gasteiger charge is 2.22. The van der Waals surface area contributed by atoms with Crippen molar-refractivity contribution in [3.05, 3.63) is 58.0 Å². The van der Waals surface area contributed by atoms with E-state index >= 15 is 0 Å². The van der Waals surface area contributed by atoms with Crippen LogP contribution in [0.4, 0.5) is 5.69 Å². The summed E-state index contributed by atoms with van der Waals surface area (Å²) in [6, 6.07) is 6.28. The van der Waals surface area contributed by atoms with E-state index in [9.17, 15) is 4.79 Å². The number of nitrogens with zero attached hydrogens (tertiary/aromatic N) is 5. The Morgan fingerprint density at radius 2 is 1.93 bits per heavy atom. The standard InChI is InChI=1S/C21H26N6O2/c1-13-5-6-17(8-22-13)21-19(16(4)29-25-21)12-27-20(28)7-18(9-23-27)26-10-14(2)24-15(3)11-26/h5-9,14-15,24H,10-12H2,1-4H3/t14-,15+. The second-order valence-electron chi connectivity index (χ2n) is 7.84. The topological polar surface area (TPSA) is 89.1 Å². The number of piperazine rings is 1. The van der Waals surface area contributed by atoms with Crippen LogP contribution >= 0.6 is 0 Å². The van der Waals surface area contributed by atoms with Crippen LogP contribution in [0.2, 0.25) is 0 Å². The summed E-state index contributed by atoms with van der Waals surface area (Å²) in [5.41, 5.74) is 4.03. The van der Waals surface area contributed by atoms with Gasteiger partial charge in [-0.2, -0.15) is 5.10 Å². The van der Waals surface area contributed by atoms with Crippen LogP contribution < -0.4 is 15.8 Å². The smallest absolute Gasteiger partial charge is 0.269 e. The second kappa shape index (κ2) is 7.79. The van der Waals surface area contributed by atoms with Crippen molar-refractivity contribution in [3.8, 4) is 11.3 Å². The number of nitrogens with one attached hydrogen (secondary N) is 1. The Morgan fingerprint density at radius 1 is 1.17 bits per heavy atom. The van der Waals surface area contributed by atoms with Gasteiger partial charge in [-0.1, -0.05) is 5.16 Å². The number of anilines is 1. The van der Waals surface area contributed by atoms with Crippen LogP contribution in [0.5, 0.6) is 0 Å². The third kappa shape index (κ3) is 4.07. The molecule has 0 amide bonds. The maximum absolute atomic E-state index is 12.8. The number of hydrogen-bond donors (Lipinski definition) is 1. The lowest BCUT2D eigenvalue weighted by molar-refractivity contribution is 0.397. The fourth-order valence-electron chi connectivity index (χ4n) is 3.82. The van der Waals surface area contributed by atoms with Gasteiger partial charge in [0, 0.05) is 54.3 Å². The summed E-state index contributed by atoms with van der Waals surface area (Å²) >= 11 is 0. The molecule has 29 heavy (non-hydrogen) atoms. The van der Waals surface area contributed by atoms with Crippen molar-refractivity contribution < 1.29 is 4.52 Å². The second-order valence-corrected chi connectivity index (χ2v) is 7.84. The minimum absolute atomic E-state index is 0.144. The highest BCUT2D eigenvalue weighted by molar-refractivity contribution is 5.62. The molecule has 1 saturated heterocycles. The van der Waals surface area contributed by atoms with Gasteiger partial charge in [-0.15, -0.1) is 0 Å². The summed E-state index contributed by atoms with van der Waals surface area (Å²) in [6.07, 6.45) is 3.53. The van der Waals surface area contributed by atoms with Gasteiger partial charge >= 0.3 is 0 Å². The molecule has 0 bridgehead atoms. The molecule has 0 aliphatic carbocycles. The van der Waals surface area contributed by atoms with Crippen molar-refractivity contribution in [2.45, 2.75) is 46.3 Å². The van der Waals surface area contributed by atoms with Crippen LogP contribution in [0.15, 0.2) is 39.9 Å². The summed E-state index contributed by atoms with van der Waals surface area (Å²) in [6.45, 7) is 10.1. The van der Waals surface area contributed by atoms with E-state index in [0.717, 1.165) is 35.6 Å². The maximum atomic E-state index is 12.8. The Hall–Kier alpha value is -3.00. The lowest BCUT2D eigenvalue weighted by Gasteiger charge is -2.37. The van der Waals surface area contributed by atoms with Crippen molar-refractivity contribution in [2.24, 2.45) is 0 Å². The van der Waals surface area contributed by atoms with Crippen molar-refractivity contribution in [1.29, 1.82) is 0 Å². The van der Waals surface area contributed by atoms with Gasteiger partial charge in [0.05, 0.1) is 18.4 Å². The molecule has 3 aromatic heterocycles. The highest BCUT2D eigenvalue weighted by atomic mass is 16.5. The van der Waals surface area contributed by atoms with E-state index in [1.54, 1.807) is 18.5 Å². The first-order chi connectivity index (χ1) is 13.9. The minimum atomic E-state index is -0.144. The molecule has 0 saturated carbocycles. The summed E-state index contributed by atoms with van der Waals surface area (Å²) in [7, 11) is 0. The van der Waals surface area contributed by atoms with Crippen LogP contribution in [0.1, 0.15) is 30.9 Å². The SMILES string of the molecule is Cc1ccc(-c2noc(C)c2Cn2ncc(N3C[C@@H](C)N[C@@H](C)C3)cc2=O)cn1. The van der Waals surface area contributed by atoms with Gasteiger partial charge in [0.15, 0.2) is 0 Å². The monoisotopic (exact) mass is 394 g/mol. The molecule has 0 spiro atoms. The molecule has 4 heterocycles. The van der Waals surface area contributed by atoms with E-state index in [1.807, 2.05) is 26.0 Å². The quantitative estimate of drug-likeness (QED) is 0.725. The molecule has 1 aliphatic heterocycles. The third-order valence-electron chi connectivity index (χ3n) is 5.26. The molecule has 0 radical (unpaired) electrons. The van der Waals surface area contributed by atoms with Crippen molar-refractivity contribution in [1.82, 2.24) is 25.2 Å². The predicted molar refractivity (Wildman–Crippen MR) is 111 cm³/mol. The Labute approximate surface area is 169 Å². The van der Waals surface area contributed by atoms with Crippen molar-refractivity contribution in [2.75, 3.05) is 18.0 Å². The fourth-order valence-corrected chi connectivity index (χ4v) is 3.82. The largest absolute Gasteiger partial charge is 0.367 e. The van der Waals surface area contributed by atoms with Crippen LogP contribution in [0, 0.1) is 13.8 Å². The normalized spacial score (nSPS) is 19.5. The van der Waals surface area contributed by atoms with Crippen LogP contribution in [0.3, 0.4) is 0 Å². The molecular formula is C21H26N6O2. The van der Waals surface area contributed by atoms with E-state index in [-0.39, 0.29) is 5.56 Å². The average molecular weight is 394 g/mol. The number of pyridine rings is 1. The zero-order valence-electron chi connectivity index (χ0n) is 17.2. The van der Waals surface area contributed by atoms with Gasteiger partial charge in [0.1, 0.15) is 11.5 Å². The fraction of sp³-hybridized carbons (Fsp3) is 0.429. The summed E-state index contributed by atoms with van der Waals surface area (Å²) in [4.78, 5) is 19.3. The molecule has 3 aromatic rings. The summed E-state index contributed by atoms with van der Waals surface area (Å²) in [5, 5.41) is 12.1. The van der Waals surface area contributed by atoms with E-state index < -0.39 is 0 Å². The van der Waals surface area contributed by atoms with Gasteiger partial charge in [-0.25, -0.2) is 4.68 Å². The lowest BCUT2D eigenvalue weighted by Crippen LogP contribution is -2.54. The summed E-state index contributed by atoms with van der Waals surface area (Å²) in [5.74, 6) is 0.670. The third-order valence-corrected chi connectivity index (χ3v) is 5.26. The molecular weight excluding hydrogens is 368 g/mol. The Balaban J connectivity index is 1.60. The van der Waals surface area contributed by atoms with Gasteiger partial charge < -0.3 is 14.7 Å². The number of aromatic nitrogens is 4. The molecule has 2 atom stereocenters. The van der Waals surface area contributed by atoms with Crippen LogP contribution in [-0.2, 0) is 6.54 Å². The predicted octanol–water partition coefficient (Wildman–Crippen LogP) is 2.15. The van der Waals surface area contributed by atoms with Crippen LogP contribution in [-0.4, -0.2) is 45.1 Å². The Kier molecular flexibility index (Phi) is 5.19. The molecule has 152 valence electrons. The zero-order valence-corrected chi connectivity index (χ0v) is 17.2. The Morgan fingerprint density at radius 3 is 2.59 bits per heavy atom. The number of hydrogen-bond acceptors (Lipinski definition) is 7. The van der Waals surface area contributed by atoms with Gasteiger partial charge in [-0.3, -0.25) is 9.78 Å². The van der Waals surface area contributed by atoms with Gasteiger partial charge in [0.2, 0.25) is 0 Å². The molecule has 0 aromatic carbocycles. The Bertz CT molecular complexity index is 1050. The molecule has 8 nitrogen and oxygen atoms in total. The van der Waals surface area contributed by atoms with E-state index in [0.29, 0.717) is 30.1 Å². The van der Waals surface area contributed by atoms with E-state index in [4.69, 9.17) is 4.52 Å². The molecule has 4 rings (SSSR count). The van der Waals surface area contributed by atoms with Gasteiger partial charge in [-0.05, 0) is 39.8 Å². The van der Waals surface area contributed by atoms with Crippen LogP contribution in [0.25, 0.3) is 11.3 Å². The maximum Gasteiger partial charge on any atom is 0.269 e. The average Bonchev–Trinajstić information content (AvgIpc) is 3.04. The van der Waals surface area contributed by atoms with Crippen molar-refractivity contribution >= 4 is 5.69 Å².